The number of halogens is 3. The van der Waals surface area contributed by atoms with E-state index >= 15 is 0 Å². The minimum Gasteiger partial charge on any atom is -0.406 e. The number of hydrogen-bond donors (Lipinski definition) is 1. The van der Waals surface area contributed by atoms with E-state index < -0.39 is 6.36 Å². The Hall–Kier alpha value is -2.61. The molecule has 0 fully saturated rings. The van der Waals surface area contributed by atoms with Gasteiger partial charge in [-0.1, -0.05) is 25.2 Å². The Balaban J connectivity index is 1.75. The molecule has 5 nitrogen and oxygen atoms in total. The summed E-state index contributed by atoms with van der Waals surface area (Å²) in [6, 6.07) is 5.45. The molecule has 27 heavy (non-hydrogen) atoms. The number of aliphatic hydroxyl groups is 1. The van der Waals surface area contributed by atoms with Gasteiger partial charge in [-0.15, -0.1) is 18.3 Å². The van der Waals surface area contributed by atoms with E-state index in [9.17, 15) is 13.2 Å². The van der Waals surface area contributed by atoms with Crippen molar-refractivity contribution in [1.82, 2.24) is 14.8 Å². The summed E-state index contributed by atoms with van der Waals surface area (Å²) in [6.45, 7) is 2.26. The van der Waals surface area contributed by atoms with Gasteiger partial charge in [0.15, 0.2) is 5.82 Å². The smallest absolute Gasteiger partial charge is 0.406 e. The normalized spacial score (nSPS) is 19.8. The Morgan fingerprint density at radius 1 is 1.22 bits per heavy atom. The number of allylic oxidation sites excluding steroid dienone is 4. The summed E-state index contributed by atoms with van der Waals surface area (Å²) in [5.74, 6) is 0.811. The summed E-state index contributed by atoms with van der Waals surface area (Å²) in [5, 5.41) is 13.5. The summed E-state index contributed by atoms with van der Waals surface area (Å²) in [7, 11) is 0. The molecule has 2 aromatic rings. The average Bonchev–Trinajstić information content (AvgIpc) is 3.10. The van der Waals surface area contributed by atoms with Gasteiger partial charge in [-0.3, -0.25) is 0 Å². The van der Waals surface area contributed by atoms with Crippen LogP contribution in [0.5, 0.6) is 5.75 Å². The van der Waals surface area contributed by atoms with Crippen LogP contribution in [-0.2, 0) is 0 Å². The molecular formula is C19H20F3N3O2. The van der Waals surface area contributed by atoms with E-state index in [1.54, 1.807) is 0 Å². The molecule has 8 heteroatoms. The molecule has 0 radical (unpaired) electrons. The Bertz CT molecular complexity index is 825. The highest BCUT2D eigenvalue weighted by Crippen LogP contribution is 2.34. The van der Waals surface area contributed by atoms with Gasteiger partial charge in [-0.25, -0.2) is 9.67 Å². The maximum absolute atomic E-state index is 12.2. The van der Waals surface area contributed by atoms with Gasteiger partial charge in [0.1, 0.15) is 12.1 Å². The van der Waals surface area contributed by atoms with E-state index in [2.05, 4.69) is 27.8 Å². The van der Waals surface area contributed by atoms with Crippen LogP contribution in [0.4, 0.5) is 13.2 Å². The van der Waals surface area contributed by atoms with Crippen molar-refractivity contribution in [3.8, 4) is 11.4 Å². The van der Waals surface area contributed by atoms with Gasteiger partial charge in [0.25, 0.3) is 0 Å². The molecule has 144 valence electrons. The SMILES string of the molecule is CC1C(c2ncn(-c3ccc(OC(F)(F)F)cc3)n2)=CC=CC1CCCO. The van der Waals surface area contributed by atoms with Crippen LogP contribution in [0.25, 0.3) is 11.3 Å². The molecule has 0 amide bonds. The lowest BCUT2D eigenvalue weighted by molar-refractivity contribution is -0.274. The summed E-state index contributed by atoms with van der Waals surface area (Å²) in [5.41, 5.74) is 1.58. The zero-order chi connectivity index (χ0) is 19.4. The average molecular weight is 379 g/mol. The predicted octanol–water partition coefficient (Wildman–Crippen LogP) is 4.14. The zero-order valence-electron chi connectivity index (χ0n) is 14.7. The summed E-state index contributed by atoms with van der Waals surface area (Å²) < 4.78 is 42.1. The summed E-state index contributed by atoms with van der Waals surface area (Å²) in [4.78, 5) is 4.35. The number of nitrogens with zero attached hydrogens (tertiary/aromatic N) is 3. The van der Waals surface area contributed by atoms with Crippen LogP contribution in [0, 0.1) is 11.8 Å². The van der Waals surface area contributed by atoms with Crippen LogP contribution in [0.15, 0.2) is 48.8 Å². The molecule has 2 atom stereocenters. The molecule has 1 aromatic carbocycles. The largest absolute Gasteiger partial charge is 0.573 e. The number of aromatic nitrogens is 3. The van der Waals surface area contributed by atoms with Crippen LogP contribution in [0.2, 0.25) is 0 Å². The standard InChI is InChI=1S/C19H20F3N3O2/c1-13-14(5-3-11-26)4-2-6-17(13)18-23-12-25(24-18)15-7-9-16(10-8-15)27-19(20,21)22/h2,4,6-10,12-14,26H,3,5,11H2,1H3. The molecule has 0 saturated carbocycles. The van der Waals surface area contributed by atoms with Crippen LogP contribution in [0.1, 0.15) is 25.6 Å². The molecule has 1 N–H and O–H groups in total. The molecule has 1 aromatic heterocycles. The highest BCUT2D eigenvalue weighted by Gasteiger charge is 2.31. The molecule has 1 heterocycles. The van der Waals surface area contributed by atoms with Crippen LogP contribution >= 0.6 is 0 Å². The molecule has 2 unspecified atom stereocenters. The molecule has 0 saturated heterocycles. The third kappa shape index (κ3) is 4.77. The quantitative estimate of drug-likeness (QED) is 0.819. The third-order valence-corrected chi connectivity index (χ3v) is 4.55. The van der Waals surface area contributed by atoms with Crippen molar-refractivity contribution < 1.29 is 23.0 Å². The first-order valence-electron chi connectivity index (χ1n) is 8.65. The van der Waals surface area contributed by atoms with Crippen molar-refractivity contribution >= 4 is 5.57 Å². The molecular weight excluding hydrogens is 359 g/mol. The monoisotopic (exact) mass is 379 g/mol. The minimum absolute atomic E-state index is 0.164. The van der Waals surface area contributed by atoms with E-state index in [1.165, 1.54) is 35.3 Å². The zero-order valence-corrected chi connectivity index (χ0v) is 14.7. The molecule has 1 aliphatic carbocycles. The van der Waals surface area contributed by atoms with Gasteiger partial charge in [0.05, 0.1) is 5.69 Å². The van der Waals surface area contributed by atoms with Crippen molar-refractivity contribution in [2.45, 2.75) is 26.1 Å². The number of rotatable bonds is 6. The van der Waals surface area contributed by atoms with E-state index in [4.69, 9.17) is 5.11 Å². The van der Waals surface area contributed by atoms with E-state index in [0.717, 1.165) is 18.4 Å². The van der Waals surface area contributed by atoms with Gasteiger partial charge in [-0.05, 0) is 48.9 Å². The topological polar surface area (TPSA) is 60.2 Å². The Kier molecular flexibility index (Phi) is 5.65. The Morgan fingerprint density at radius 3 is 2.63 bits per heavy atom. The van der Waals surface area contributed by atoms with Gasteiger partial charge >= 0.3 is 6.36 Å². The first-order valence-corrected chi connectivity index (χ1v) is 8.65. The predicted molar refractivity (Wildman–Crippen MR) is 94.1 cm³/mol. The highest BCUT2D eigenvalue weighted by atomic mass is 19.4. The summed E-state index contributed by atoms with van der Waals surface area (Å²) in [6.07, 6.45) is 4.50. The fraction of sp³-hybridized carbons (Fsp3) is 0.368. The van der Waals surface area contributed by atoms with Crippen molar-refractivity contribution in [2.24, 2.45) is 11.8 Å². The third-order valence-electron chi connectivity index (χ3n) is 4.55. The number of benzene rings is 1. The Labute approximate surface area is 154 Å². The van der Waals surface area contributed by atoms with Crippen LogP contribution in [-0.4, -0.2) is 32.8 Å². The van der Waals surface area contributed by atoms with Gasteiger partial charge in [0, 0.05) is 12.2 Å². The number of aliphatic hydroxyl groups excluding tert-OH is 1. The molecule has 0 aliphatic heterocycles. The van der Waals surface area contributed by atoms with Crippen LogP contribution < -0.4 is 4.74 Å². The van der Waals surface area contributed by atoms with Gasteiger partial charge < -0.3 is 9.84 Å². The van der Waals surface area contributed by atoms with Crippen molar-refractivity contribution in [3.05, 3.63) is 54.6 Å². The number of hydrogen-bond acceptors (Lipinski definition) is 4. The second-order valence-electron chi connectivity index (χ2n) is 6.38. The van der Waals surface area contributed by atoms with Gasteiger partial charge in [0.2, 0.25) is 0 Å². The fourth-order valence-electron chi connectivity index (χ4n) is 3.12. The minimum atomic E-state index is -4.72. The second kappa shape index (κ2) is 7.96. The van der Waals surface area contributed by atoms with Crippen molar-refractivity contribution in [3.63, 3.8) is 0 Å². The lowest BCUT2D eigenvalue weighted by atomic mass is 9.81. The highest BCUT2D eigenvalue weighted by molar-refractivity contribution is 5.65. The first-order chi connectivity index (χ1) is 12.9. The maximum Gasteiger partial charge on any atom is 0.573 e. The van der Waals surface area contributed by atoms with E-state index in [0.29, 0.717) is 17.4 Å². The van der Waals surface area contributed by atoms with Crippen molar-refractivity contribution in [2.75, 3.05) is 6.61 Å². The molecule has 3 rings (SSSR count). The maximum atomic E-state index is 12.2. The Morgan fingerprint density at radius 2 is 1.96 bits per heavy atom. The molecule has 0 spiro atoms. The lowest BCUT2D eigenvalue weighted by Gasteiger charge is -2.24. The van der Waals surface area contributed by atoms with Gasteiger partial charge in [-0.2, -0.15) is 0 Å². The first kappa shape index (κ1) is 19.2. The second-order valence-corrected chi connectivity index (χ2v) is 6.38. The van der Waals surface area contributed by atoms with Crippen LogP contribution in [0.3, 0.4) is 0 Å². The van der Waals surface area contributed by atoms with E-state index in [1.807, 2.05) is 12.2 Å². The molecule has 1 aliphatic rings. The van der Waals surface area contributed by atoms with Crippen molar-refractivity contribution in [1.29, 1.82) is 0 Å². The van der Waals surface area contributed by atoms with E-state index in [-0.39, 0.29) is 18.3 Å². The fourth-order valence-corrected chi connectivity index (χ4v) is 3.12. The number of ether oxygens (including phenoxy) is 1. The lowest BCUT2D eigenvalue weighted by Crippen LogP contribution is -2.17. The number of alkyl halides is 3. The molecule has 0 bridgehead atoms. The summed E-state index contributed by atoms with van der Waals surface area (Å²) >= 11 is 0.